The lowest BCUT2D eigenvalue weighted by molar-refractivity contribution is -0.134. The zero-order valence-corrected chi connectivity index (χ0v) is 17.5. The number of fused-ring (bicyclic) bond motifs is 2. The number of hydrogen-bond donors (Lipinski definition) is 0. The lowest BCUT2D eigenvalue weighted by Crippen LogP contribution is -2.34. The van der Waals surface area contributed by atoms with Gasteiger partial charge in [0, 0.05) is 18.5 Å². The molecule has 0 unspecified atom stereocenters. The van der Waals surface area contributed by atoms with Crippen LogP contribution in [-0.2, 0) is 11.2 Å². The number of aromatic nitrogens is 1. The second-order valence-corrected chi connectivity index (χ2v) is 9.40. The lowest BCUT2D eigenvalue weighted by Gasteiger charge is -2.23. The third-order valence-electron chi connectivity index (χ3n) is 5.57. The van der Waals surface area contributed by atoms with Crippen molar-refractivity contribution in [1.29, 1.82) is 0 Å². The van der Waals surface area contributed by atoms with Crippen LogP contribution in [0.25, 0.3) is 10.2 Å². The minimum Gasteiger partial charge on any atom is -0.483 e. The Balaban J connectivity index is 1.31. The van der Waals surface area contributed by atoms with Gasteiger partial charge in [-0.1, -0.05) is 24.3 Å². The molecule has 0 aliphatic carbocycles. The van der Waals surface area contributed by atoms with E-state index in [1.165, 1.54) is 0 Å². The van der Waals surface area contributed by atoms with Crippen LogP contribution in [0.2, 0.25) is 0 Å². The number of benzene rings is 2. The molecule has 29 heavy (non-hydrogen) atoms. The molecular weight excluding hydrogens is 384 g/mol. The van der Waals surface area contributed by atoms with Crippen LogP contribution < -0.4 is 9.47 Å². The van der Waals surface area contributed by atoms with Gasteiger partial charge in [0.25, 0.3) is 5.91 Å². The molecule has 3 aromatic rings. The van der Waals surface area contributed by atoms with Crippen molar-refractivity contribution in [3.8, 4) is 11.5 Å². The van der Waals surface area contributed by atoms with E-state index in [9.17, 15) is 4.79 Å². The van der Waals surface area contributed by atoms with Crippen molar-refractivity contribution in [1.82, 2.24) is 9.88 Å². The molecule has 2 aliphatic heterocycles. The third-order valence-corrected chi connectivity index (χ3v) is 6.71. The first-order valence-corrected chi connectivity index (χ1v) is 10.9. The highest BCUT2D eigenvalue weighted by molar-refractivity contribution is 7.18. The van der Waals surface area contributed by atoms with Crippen LogP contribution in [0.4, 0.5) is 0 Å². The molecule has 0 radical (unpaired) electrons. The number of hydrogen-bond acceptors (Lipinski definition) is 5. The zero-order chi connectivity index (χ0) is 20.0. The Bertz CT molecular complexity index is 1040. The summed E-state index contributed by atoms with van der Waals surface area (Å²) in [4.78, 5) is 19.7. The summed E-state index contributed by atoms with van der Waals surface area (Å²) in [6.45, 7) is 4.89. The highest BCUT2D eigenvalue weighted by Crippen LogP contribution is 2.42. The van der Waals surface area contributed by atoms with Gasteiger partial charge >= 0.3 is 0 Å². The van der Waals surface area contributed by atoms with E-state index in [0.29, 0.717) is 5.75 Å². The fraction of sp³-hybridized carbons (Fsp3) is 0.391. The normalized spacial score (nSPS) is 19.9. The molecule has 150 valence electrons. The SMILES string of the molecule is CC1(C)Cc2cccc(OCC(=O)N3CCC[C@H]3c3nc4ccccc4s3)c2O1. The van der Waals surface area contributed by atoms with Gasteiger partial charge in [-0.2, -0.15) is 0 Å². The van der Waals surface area contributed by atoms with Gasteiger partial charge in [0.2, 0.25) is 0 Å². The quantitative estimate of drug-likeness (QED) is 0.625. The maximum Gasteiger partial charge on any atom is 0.261 e. The van der Waals surface area contributed by atoms with Crippen LogP contribution in [-0.4, -0.2) is 34.5 Å². The summed E-state index contributed by atoms with van der Waals surface area (Å²) in [6, 6.07) is 14.1. The minimum atomic E-state index is -0.237. The molecule has 1 atom stereocenters. The number of nitrogens with zero attached hydrogens (tertiary/aromatic N) is 2. The molecule has 5 nitrogen and oxygen atoms in total. The average molecular weight is 409 g/mol. The van der Waals surface area contributed by atoms with Crippen LogP contribution in [0, 0.1) is 0 Å². The van der Waals surface area contributed by atoms with E-state index in [0.717, 1.165) is 52.3 Å². The Morgan fingerprint density at radius 3 is 3.00 bits per heavy atom. The Morgan fingerprint density at radius 2 is 2.14 bits per heavy atom. The predicted molar refractivity (Wildman–Crippen MR) is 114 cm³/mol. The smallest absolute Gasteiger partial charge is 0.261 e. The molecule has 2 aromatic carbocycles. The largest absolute Gasteiger partial charge is 0.483 e. The summed E-state index contributed by atoms with van der Waals surface area (Å²) in [5, 5.41) is 1.02. The van der Waals surface area contributed by atoms with Gasteiger partial charge in [-0.15, -0.1) is 11.3 Å². The van der Waals surface area contributed by atoms with Gasteiger partial charge in [-0.05, 0) is 44.9 Å². The summed E-state index contributed by atoms with van der Waals surface area (Å²) in [5.41, 5.74) is 1.90. The van der Waals surface area contributed by atoms with Crippen LogP contribution in [0.15, 0.2) is 42.5 Å². The first-order valence-electron chi connectivity index (χ1n) is 10.1. The van der Waals surface area contributed by atoms with Crippen molar-refractivity contribution in [3.63, 3.8) is 0 Å². The van der Waals surface area contributed by atoms with Gasteiger partial charge in [-0.25, -0.2) is 4.98 Å². The van der Waals surface area contributed by atoms with Crippen LogP contribution in [0.5, 0.6) is 11.5 Å². The molecule has 1 aromatic heterocycles. The maximum atomic E-state index is 13.0. The second kappa shape index (κ2) is 7.02. The number of para-hydroxylation sites is 2. The standard InChI is InChI=1S/C23H24N2O3S/c1-23(2)13-15-7-5-10-18(21(15)28-23)27-14-20(26)25-12-6-9-17(25)22-24-16-8-3-4-11-19(16)29-22/h3-5,7-8,10-11,17H,6,9,12-14H2,1-2H3/t17-/m0/s1. The number of likely N-dealkylation sites (tertiary alicyclic amines) is 1. The topological polar surface area (TPSA) is 51.7 Å². The predicted octanol–water partition coefficient (Wildman–Crippen LogP) is 4.75. The molecule has 3 heterocycles. The highest BCUT2D eigenvalue weighted by atomic mass is 32.1. The maximum absolute atomic E-state index is 13.0. The van der Waals surface area contributed by atoms with Crippen molar-refractivity contribution in [2.24, 2.45) is 0 Å². The van der Waals surface area contributed by atoms with Crippen molar-refractivity contribution >= 4 is 27.5 Å². The number of ether oxygens (including phenoxy) is 2. The van der Waals surface area contributed by atoms with E-state index in [-0.39, 0.29) is 24.2 Å². The van der Waals surface area contributed by atoms with E-state index in [1.54, 1.807) is 11.3 Å². The molecule has 0 bridgehead atoms. The van der Waals surface area contributed by atoms with Gasteiger partial charge in [0.05, 0.1) is 16.3 Å². The molecule has 2 aliphatic rings. The molecule has 0 spiro atoms. The Morgan fingerprint density at radius 1 is 1.28 bits per heavy atom. The van der Waals surface area contributed by atoms with E-state index in [1.807, 2.05) is 35.2 Å². The number of rotatable bonds is 4. The number of amides is 1. The molecule has 0 N–H and O–H groups in total. The van der Waals surface area contributed by atoms with Crippen molar-refractivity contribution in [3.05, 3.63) is 53.0 Å². The summed E-state index contributed by atoms with van der Waals surface area (Å²) in [5.74, 6) is 1.42. The van der Waals surface area contributed by atoms with Gasteiger partial charge < -0.3 is 14.4 Å². The van der Waals surface area contributed by atoms with E-state index < -0.39 is 0 Å². The van der Waals surface area contributed by atoms with E-state index in [2.05, 4.69) is 26.0 Å². The number of carbonyl (C=O) groups is 1. The first-order chi connectivity index (χ1) is 14.0. The van der Waals surface area contributed by atoms with Crippen molar-refractivity contribution in [2.45, 2.75) is 44.8 Å². The van der Waals surface area contributed by atoms with Gasteiger partial charge in [-0.3, -0.25) is 4.79 Å². The molecular formula is C23H24N2O3S. The van der Waals surface area contributed by atoms with Gasteiger partial charge in [0.1, 0.15) is 10.6 Å². The van der Waals surface area contributed by atoms with Crippen molar-refractivity contribution < 1.29 is 14.3 Å². The lowest BCUT2D eigenvalue weighted by atomic mass is 10.0. The molecule has 1 fully saturated rings. The summed E-state index contributed by atoms with van der Waals surface area (Å²) in [6.07, 6.45) is 2.78. The van der Waals surface area contributed by atoms with Crippen LogP contribution in [0.3, 0.4) is 0 Å². The van der Waals surface area contributed by atoms with E-state index >= 15 is 0 Å². The minimum absolute atomic E-state index is 0.00150. The fourth-order valence-corrected chi connectivity index (χ4v) is 5.39. The summed E-state index contributed by atoms with van der Waals surface area (Å²) < 4.78 is 13.1. The fourth-order valence-electron chi connectivity index (χ4n) is 4.28. The Kier molecular flexibility index (Phi) is 4.46. The first kappa shape index (κ1) is 18.4. The number of carbonyl (C=O) groups excluding carboxylic acids is 1. The number of thiazole rings is 1. The summed E-state index contributed by atoms with van der Waals surface area (Å²) >= 11 is 1.68. The second-order valence-electron chi connectivity index (χ2n) is 8.34. The Labute approximate surface area is 174 Å². The highest BCUT2D eigenvalue weighted by Gasteiger charge is 2.34. The molecule has 1 amide bonds. The molecule has 0 saturated carbocycles. The van der Waals surface area contributed by atoms with Gasteiger partial charge in [0.15, 0.2) is 18.1 Å². The Hall–Kier alpha value is -2.60. The monoisotopic (exact) mass is 408 g/mol. The van der Waals surface area contributed by atoms with Crippen LogP contribution >= 0.6 is 11.3 Å². The van der Waals surface area contributed by atoms with Crippen molar-refractivity contribution in [2.75, 3.05) is 13.2 Å². The molecule has 5 rings (SSSR count). The average Bonchev–Trinajstić information content (AvgIpc) is 3.40. The zero-order valence-electron chi connectivity index (χ0n) is 16.7. The molecule has 6 heteroatoms. The molecule has 1 saturated heterocycles. The summed E-state index contributed by atoms with van der Waals surface area (Å²) in [7, 11) is 0. The third kappa shape index (κ3) is 3.46. The van der Waals surface area contributed by atoms with E-state index in [4.69, 9.17) is 14.5 Å². The van der Waals surface area contributed by atoms with Crippen LogP contribution in [0.1, 0.15) is 43.3 Å².